The van der Waals surface area contributed by atoms with Crippen LogP contribution < -0.4 is 5.69 Å². The topological polar surface area (TPSA) is 71.0 Å². The number of halogens is 3. The molecule has 9 heteroatoms. The van der Waals surface area contributed by atoms with Gasteiger partial charge in [0, 0.05) is 30.7 Å². The number of hydrogen-bond donors (Lipinski definition) is 1. The van der Waals surface area contributed by atoms with Gasteiger partial charge in [0.1, 0.15) is 0 Å². The number of aromatic nitrogens is 3. The normalized spacial score (nSPS) is 15.4. The third-order valence-electron chi connectivity index (χ3n) is 6.25. The number of para-hydroxylation sites is 1. The fraction of sp³-hybridized carbons (Fsp3) is 0.292. The number of imidazole rings is 1. The van der Waals surface area contributed by atoms with E-state index < -0.39 is 23.5 Å². The van der Waals surface area contributed by atoms with Crippen LogP contribution in [0.4, 0.5) is 13.2 Å². The molecule has 1 aliphatic heterocycles. The van der Waals surface area contributed by atoms with Crippen molar-refractivity contribution in [2.24, 2.45) is 0 Å². The van der Waals surface area contributed by atoms with Crippen LogP contribution in [0.1, 0.15) is 30.0 Å². The van der Waals surface area contributed by atoms with Crippen LogP contribution in [0.15, 0.2) is 59.5 Å². The highest BCUT2D eigenvalue weighted by Crippen LogP contribution is 2.36. The van der Waals surface area contributed by atoms with Gasteiger partial charge in [0.05, 0.1) is 28.5 Å². The quantitative estimate of drug-likeness (QED) is 0.502. The number of benzene rings is 2. The van der Waals surface area contributed by atoms with Gasteiger partial charge in [0.15, 0.2) is 0 Å². The second kappa shape index (κ2) is 8.06. The smallest absolute Gasteiger partial charge is 0.342 e. The highest BCUT2D eigenvalue weighted by molar-refractivity contribution is 5.83. The molecular formula is C24H21F3N4O2. The number of fused-ring (bicyclic) bond motifs is 2. The molecule has 1 saturated heterocycles. The number of alkyl halides is 3. The van der Waals surface area contributed by atoms with Gasteiger partial charge in [0.2, 0.25) is 5.91 Å². The molecule has 2 aromatic carbocycles. The Hall–Kier alpha value is -3.62. The molecule has 5 rings (SSSR count). The van der Waals surface area contributed by atoms with Gasteiger partial charge in [-0.2, -0.15) is 13.2 Å². The Morgan fingerprint density at radius 2 is 1.88 bits per heavy atom. The number of rotatable bonds is 3. The number of nitrogens with one attached hydrogen (secondary N) is 1. The van der Waals surface area contributed by atoms with Crippen LogP contribution in [0.3, 0.4) is 0 Å². The maximum absolute atomic E-state index is 13.6. The first-order valence-electron chi connectivity index (χ1n) is 10.7. The lowest BCUT2D eigenvalue weighted by atomic mass is 10.0. The monoisotopic (exact) mass is 454 g/mol. The van der Waals surface area contributed by atoms with Crippen molar-refractivity contribution < 1.29 is 18.0 Å². The van der Waals surface area contributed by atoms with Gasteiger partial charge in [-0.25, -0.2) is 4.79 Å². The van der Waals surface area contributed by atoms with E-state index in [2.05, 4.69) is 9.97 Å². The molecule has 0 bridgehead atoms. The minimum Gasteiger partial charge on any atom is -0.342 e. The summed E-state index contributed by atoms with van der Waals surface area (Å²) in [6.07, 6.45) is -1.80. The number of H-pyrrole nitrogens is 1. The molecule has 1 amide bonds. The SMILES string of the molecule is O=C(Cc1ccc2ncccc2c1)N1CCC(n2c(=O)[nH]c3cccc(C(F)(F)F)c32)CC1. The van der Waals surface area contributed by atoms with Gasteiger partial charge in [-0.15, -0.1) is 0 Å². The maximum atomic E-state index is 13.6. The summed E-state index contributed by atoms with van der Waals surface area (Å²) >= 11 is 0. The third kappa shape index (κ3) is 3.99. The number of carbonyl (C=O) groups is 1. The Bertz CT molecular complexity index is 1400. The summed E-state index contributed by atoms with van der Waals surface area (Å²) in [6, 6.07) is 12.8. The average molecular weight is 454 g/mol. The van der Waals surface area contributed by atoms with Crippen molar-refractivity contribution in [2.45, 2.75) is 31.5 Å². The molecule has 0 spiro atoms. The molecule has 33 heavy (non-hydrogen) atoms. The van der Waals surface area contributed by atoms with E-state index in [0.29, 0.717) is 25.9 Å². The van der Waals surface area contributed by atoms with Crippen LogP contribution in [0, 0.1) is 0 Å². The Balaban J connectivity index is 1.33. The number of likely N-dealkylation sites (tertiary alicyclic amines) is 1. The summed E-state index contributed by atoms with van der Waals surface area (Å²) in [7, 11) is 0. The number of carbonyl (C=O) groups excluding carboxylic acids is 1. The summed E-state index contributed by atoms with van der Waals surface area (Å²) in [6.45, 7) is 0.762. The van der Waals surface area contributed by atoms with Crippen molar-refractivity contribution in [2.75, 3.05) is 13.1 Å². The summed E-state index contributed by atoms with van der Waals surface area (Å²) < 4.78 is 41.9. The van der Waals surface area contributed by atoms with Crippen molar-refractivity contribution in [3.63, 3.8) is 0 Å². The van der Waals surface area contributed by atoms with Gasteiger partial charge in [-0.05, 0) is 48.7 Å². The minimum atomic E-state index is -4.57. The van der Waals surface area contributed by atoms with Crippen LogP contribution in [0.25, 0.3) is 21.9 Å². The number of pyridine rings is 1. The zero-order valence-corrected chi connectivity index (χ0v) is 17.6. The van der Waals surface area contributed by atoms with E-state index in [-0.39, 0.29) is 23.4 Å². The lowest BCUT2D eigenvalue weighted by Crippen LogP contribution is -2.41. The van der Waals surface area contributed by atoms with Gasteiger partial charge >= 0.3 is 11.9 Å². The summed E-state index contributed by atoms with van der Waals surface area (Å²) in [5, 5.41) is 0.959. The second-order valence-corrected chi connectivity index (χ2v) is 8.32. The first-order valence-corrected chi connectivity index (χ1v) is 10.7. The van der Waals surface area contributed by atoms with Crippen LogP contribution >= 0.6 is 0 Å². The Labute approximate surface area is 186 Å². The van der Waals surface area contributed by atoms with Crippen LogP contribution in [-0.4, -0.2) is 38.4 Å². The van der Waals surface area contributed by atoms with E-state index in [0.717, 1.165) is 22.5 Å². The lowest BCUT2D eigenvalue weighted by molar-refractivity contribution is -0.136. The maximum Gasteiger partial charge on any atom is 0.418 e. The summed E-state index contributed by atoms with van der Waals surface area (Å²) in [5.74, 6) is -0.0426. The molecule has 3 heterocycles. The molecule has 2 aromatic heterocycles. The fourth-order valence-corrected chi connectivity index (χ4v) is 4.65. The largest absolute Gasteiger partial charge is 0.418 e. The molecule has 0 radical (unpaired) electrons. The molecular weight excluding hydrogens is 433 g/mol. The molecule has 0 unspecified atom stereocenters. The van der Waals surface area contributed by atoms with E-state index in [1.54, 1.807) is 11.1 Å². The number of hydrogen-bond acceptors (Lipinski definition) is 3. The van der Waals surface area contributed by atoms with Crippen LogP contribution in [0.2, 0.25) is 0 Å². The summed E-state index contributed by atoms with van der Waals surface area (Å²) in [4.78, 5) is 33.9. The standard InChI is InChI=1S/C24H21F3N4O2/c25-24(26,27)18-4-1-5-20-22(18)31(23(33)29-20)17-8-11-30(12-9-17)21(32)14-15-6-7-19-16(13-15)3-2-10-28-19/h1-7,10,13,17H,8-9,11-12,14H2,(H,29,33). The van der Waals surface area contributed by atoms with Gasteiger partial charge < -0.3 is 9.88 Å². The zero-order chi connectivity index (χ0) is 23.2. The predicted molar refractivity (Wildman–Crippen MR) is 118 cm³/mol. The predicted octanol–water partition coefficient (Wildman–Crippen LogP) is 4.30. The molecule has 1 aliphatic rings. The third-order valence-corrected chi connectivity index (χ3v) is 6.25. The number of piperidine rings is 1. The van der Waals surface area contributed by atoms with Crippen LogP contribution in [-0.2, 0) is 17.4 Å². The van der Waals surface area contributed by atoms with Crippen molar-refractivity contribution in [1.29, 1.82) is 0 Å². The lowest BCUT2D eigenvalue weighted by Gasteiger charge is -2.33. The molecule has 0 saturated carbocycles. The van der Waals surface area contributed by atoms with E-state index >= 15 is 0 Å². The van der Waals surface area contributed by atoms with E-state index in [1.807, 2.05) is 30.3 Å². The van der Waals surface area contributed by atoms with Crippen molar-refractivity contribution in [3.8, 4) is 0 Å². The molecule has 0 aliphatic carbocycles. The second-order valence-electron chi connectivity index (χ2n) is 8.32. The van der Waals surface area contributed by atoms with E-state index in [1.165, 1.54) is 16.7 Å². The molecule has 6 nitrogen and oxygen atoms in total. The molecule has 1 N–H and O–H groups in total. The first kappa shape index (κ1) is 21.2. The van der Waals surface area contributed by atoms with Crippen LogP contribution in [0.5, 0.6) is 0 Å². The zero-order valence-electron chi connectivity index (χ0n) is 17.6. The van der Waals surface area contributed by atoms with Gasteiger partial charge in [-0.3, -0.25) is 14.3 Å². The minimum absolute atomic E-state index is 0.0426. The highest BCUT2D eigenvalue weighted by Gasteiger charge is 2.36. The summed E-state index contributed by atoms with van der Waals surface area (Å²) in [5.41, 5.74) is 0.393. The first-order chi connectivity index (χ1) is 15.8. The number of aromatic amines is 1. The molecule has 4 aromatic rings. The Morgan fingerprint density at radius 1 is 1.09 bits per heavy atom. The van der Waals surface area contributed by atoms with Gasteiger partial charge in [-0.1, -0.05) is 18.2 Å². The Kier molecular flexibility index (Phi) is 5.19. The van der Waals surface area contributed by atoms with Gasteiger partial charge in [0.25, 0.3) is 0 Å². The van der Waals surface area contributed by atoms with Crippen molar-refractivity contribution in [1.82, 2.24) is 19.4 Å². The number of nitrogens with zero attached hydrogens (tertiary/aromatic N) is 3. The van der Waals surface area contributed by atoms with E-state index in [9.17, 15) is 22.8 Å². The Morgan fingerprint density at radius 3 is 2.64 bits per heavy atom. The average Bonchev–Trinajstić information content (AvgIpc) is 3.14. The van der Waals surface area contributed by atoms with Crippen molar-refractivity contribution in [3.05, 3.63) is 76.3 Å². The molecule has 170 valence electrons. The highest BCUT2D eigenvalue weighted by atomic mass is 19.4. The van der Waals surface area contributed by atoms with Crippen molar-refractivity contribution >= 4 is 27.8 Å². The molecule has 0 atom stereocenters. The number of amides is 1. The fourth-order valence-electron chi connectivity index (χ4n) is 4.65. The van der Waals surface area contributed by atoms with E-state index in [4.69, 9.17) is 0 Å². The molecule has 1 fully saturated rings.